The van der Waals surface area contributed by atoms with Crippen LogP contribution in [0.15, 0.2) is 65.8 Å². The number of pyridine rings is 1. The monoisotopic (exact) mass is 346 g/mol. The van der Waals surface area contributed by atoms with Gasteiger partial charge in [0.1, 0.15) is 0 Å². The van der Waals surface area contributed by atoms with E-state index in [0.29, 0.717) is 0 Å². The maximum Gasteiger partial charge on any atom is 0.0682 e. The summed E-state index contributed by atoms with van der Waals surface area (Å²) in [6.07, 6.45) is 3.15. The molecule has 1 heterocycles. The second-order valence-electron chi connectivity index (χ2n) is 5.36. The van der Waals surface area contributed by atoms with Gasteiger partial charge in [-0.2, -0.15) is 0 Å². The molecule has 0 aliphatic heterocycles. The van der Waals surface area contributed by atoms with Gasteiger partial charge in [0.15, 0.2) is 0 Å². The van der Waals surface area contributed by atoms with Gasteiger partial charge in [0.25, 0.3) is 0 Å². The summed E-state index contributed by atoms with van der Waals surface area (Å²) < 4.78 is 2.22. The molecule has 23 heavy (non-hydrogen) atoms. The lowest BCUT2D eigenvalue weighted by molar-refractivity contribution is 0.822. The predicted octanol–water partition coefficient (Wildman–Crippen LogP) is 5.08. The number of benzene rings is 2. The summed E-state index contributed by atoms with van der Waals surface area (Å²) >= 11 is 6.21. The van der Waals surface area contributed by atoms with E-state index >= 15 is 0 Å². The van der Waals surface area contributed by atoms with Gasteiger partial charge in [-0.15, -0.1) is 12.4 Å². The summed E-state index contributed by atoms with van der Waals surface area (Å²) in [6.45, 7) is 3.81. The van der Waals surface area contributed by atoms with Gasteiger partial charge in [0.2, 0.25) is 0 Å². The van der Waals surface area contributed by atoms with Crippen LogP contribution in [-0.2, 0) is 6.54 Å². The maximum atomic E-state index is 6.21. The Bertz CT molecular complexity index is 839. The molecule has 2 nitrogen and oxygen atoms in total. The van der Waals surface area contributed by atoms with Crippen molar-refractivity contribution in [1.82, 2.24) is 4.57 Å². The van der Waals surface area contributed by atoms with Crippen LogP contribution in [0, 0.1) is 0 Å². The Labute approximate surface area is 147 Å². The average molecular weight is 347 g/mol. The van der Waals surface area contributed by atoms with E-state index in [1.165, 1.54) is 5.56 Å². The molecule has 0 saturated carbocycles. The third-order valence-electron chi connectivity index (χ3n) is 3.66. The van der Waals surface area contributed by atoms with Crippen LogP contribution < -0.4 is 5.36 Å². The van der Waals surface area contributed by atoms with Crippen molar-refractivity contribution < 1.29 is 0 Å². The van der Waals surface area contributed by atoms with Crippen LogP contribution in [0.4, 0.5) is 0 Å². The zero-order valence-electron chi connectivity index (χ0n) is 13.1. The van der Waals surface area contributed by atoms with Crippen LogP contribution in [0.2, 0.25) is 5.02 Å². The number of rotatable bonds is 4. The molecular formula is C19H20Cl2N2. The van der Waals surface area contributed by atoms with Crippen molar-refractivity contribution in [2.24, 2.45) is 4.99 Å². The van der Waals surface area contributed by atoms with Crippen LogP contribution in [0.1, 0.15) is 18.9 Å². The van der Waals surface area contributed by atoms with Crippen molar-refractivity contribution in [2.75, 3.05) is 6.54 Å². The SMILES string of the molecule is CCC/N=c1\ccn(Cc2ccccc2)c2cc(Cl)ccc12.Cl. The zero-order valence-corrected chi connectivity index (χ0v) is 14.6. The molecule has 0 unspecified atom stereocenters. The van der Waals surface area contributed by atoms with Gasteiger partial charge in [-0.25, -0.2) is 0 Å². The molecule has 0 N–H and O–H groups in total. The number of hydrogen-bond acceptors (Lipinski definition) is 1. The Hall–Kier alpha value is -1.77. The van der Waals surface area contributed by atoms with Crippen molar-refractivity contribution in [1.29, 1.82) is 0 Å². The molecule has 0 saturated heterocycles. The average Bonchev–Trinajstić information content (AvgIpc) is 2.55. The summed E-state index contributed by atoms with van der Waals surface area (Å²) in [6, 6.07) is 18.5. The minimum absolute atomic E-state index is 0. The Morgan fingerprint density at radius 1 is 1.04 bits per heavy atom. The van der Waals surface area contributed by atoms with Crippen molar-refractivity contribution in [2.45, 2.75) is 19.9 Å². The summed E-state index contributed by atoms with van der Waals surface area (Å²) in [5, 5.41) is 2.94. The fourth-order valence-electron chi connectivity index (χ4n) is 2.58. The lowest BCUT2D eigenvalue weighted by Gasteiger charge is -2.12. The molecule has 120 valence electrons. The second-order valence-corrected chi connectivity index (χ2v) is 5.79. The quantitative estimate of drug-likeness (QED) is 0.627. The highest BCUT2D eigenvalue weighted by Gasteiger charge is 2.03. The van der Waals surface area contributed by atoms with Gasteiger partial charge in [-0.1, -0.05) is 48.9 Å². The highest BCUT2D eigenvalue weighted by Crippen LogP contribution is 2.18. The first-order valence-corrected chi connectivity index (χ1v) is 7.99. The molecule has 0 spiro atoms. The molecular weight excluding hydrogens is 327 g/mol. The van der Waals surface area contributed by atoms with Gasteiger partial charge in [0.05, 0.1) is 10.9 Å². The standard InChI is InChI=1S/C19H19ClN2.ClH/c1-2-11-21-18-10-12-22(14-15-6-4-3-5-7-15)19-13-16(20)8-9-17(18)19;/h3-10,12-13H,2,11,14H2,1H3;1H/b21-18+;. The number of aromatic nitrogens is 1. The van der Waals surface area contributed by atoms with Gasteiger partial charge in [0, 0.05) is 29.7 Å². The van der Waals surface area contributed by atoms with Gasteiger partial charge < -0.3 is 4.57 Å². The van der Waals surface area contributed by atoms with E-state index in [-0.39, 0.29) is 12.4 Å². The van der Waals surface area contributed by atoms with E-state index in [2.05, 4.69) is 59.1 Å². The fourth-order valence-corrected chi connectivity index (χ4v) is 2.74. The number of halogens is 2. The summed E-state index contributed by atoms with van der Waals surface area (Å²) in [4.78, 5) is 4.67. The van der Waals surface area contributed by atoms with E-state index < -0.39 is 0 Å². The maximum absolute atomic E-state index is 6.21. The van der Waals surface area contributed by atoms with E-state index in [1.54, 1.807) is 0 Å². The van der Waals surface area contributed by atoms with Gasteiger partial charge in [-0.3, -0.25) is 4.99 Å². The molecule has 3 rings (SSSR count). The number of nitrogens with zero attached hydrogens (tertiary/aromatic N) is 2. The van der Waals surface area contributed by atoms with Crippen molar-refractivity contribution >= 4 is 34.9 Å². The molecule has 0 amide bonds. The zero-order chi connectivity index (χ0) is 15.4. The first kappa shape index (κ1) is 17.6. The summed E-state index contributed by atoms with van der Waals surface area (Å²) in [5.74, 6) is 0. The molecule has 4 heteroatoms. The molecule has 0 aliphatic rings. The minimum Gasteiger partial charge on any atom is -0.343 e. The largest absolute Gasteiger partial charge is 0.343 e. The second kappa shape index (κ2) is 8.19. The molecule has 0 atom stereocenters. The van der Waals surface area contributed by atoms with E-state index in [1.807, 2.05) is 18.2 Å². The van der Waals surface area contributed by atoms with E-state index in [4.69, 9.17) is 11.6 Å². The third-order valence-corrected chi connectivity index (χ3v) is 3.89. The highest BCUT2D eigenvalue weighted by molar-refractivity contribution is 6.31. The minimum atomic E-state index is 0. The normalized spacial score (nSPS) is 11.5. The molecule has 0 aliphatic carbocycles. The molecule has 2 aromatic carbocycles. The fraction of sp³-hybridized carbons (Fsp3) is 0.211. The topological polar surface area (TPSA) is 17.3 Å². The number of hydrogen-bond donors (Lipinski definition) is 0. The van der Waals surface area contributed by atoms with E-state index in [0.717, 1.165) is 40.8 Å². The Balaban J connectivity index is 0.00000192. The number of fused-ring (bicyclic) bond motifs is 1. The van der Waals surface area contributed by atoms with Gasteiger partial charge >= 0.3 is 0 Å². The first-order chi connectivity index (χ1) is 10.8. The third kappa shape index (κ3) is 4.15. The predicted molar refractivity (Wildman–Crippen MR) is 100 cm³/mol. The highest BCUT2D eigenvalue weighted by atomic mass is 35.5. The van der Waals surface area contributed by atoms with Crippen LogP contribution in [0.3, 0.4) is 0 Å². The van der Waals surface area contributed by atoms with Crippen molar-refractivity contribution in [3.05, 3.63) is 76.7 Å². The van der Waals surface area contributed by atoms with Gasteiger partial charge in [-0.05, 0) is 36.2 Å². The Morgan fingerprint density at radius 2 is 1.83 bits per heavy atom. The molecule has 0 fully saturated rings. The molecule has 0 radical (unpaired) electrons. The Kier molecular flexibility index (Phi) is 6.26. The van der Waals surface area contributed by atoms with Crippen molar-refractivity contribution in [3.63, 3.8) is 0 Å². The summed E-state index contributed by atoms with van der Waals surface area (Å²) in [7, 11) is 0. The lowest BCUT2D eigenvalue weighted by Crippen LogP contribution is -2.11. The lowest BCUT2D eigenvalue weighted by atomic mass is 10.1. The smallest absolute Gasteiger partial charge is 0.0682 e. The van der Waals surface area contributed by atoms with Crippen LogP contribution in [0.5, 0.6) is 0 Å². The van der Waals surface area contributed by atoms with Crippen LogP contribution >= 0.6 is 24.0 Å². The van der Waals surface area contributed by atoms with E-state index in [9.17, 15) is 0 Å². The van der Waals surface area contributed by atoms with Crippen LogP contribution in [0.25, 0.3) is 10.9 Å². The first-order valence-electron chi connectivity index (χ1n) is 7.61. The molecule has 0 bridgehead atoms. The molecule has 3 aromatic rings. The van der Waals surface area contributed by atoms with Crippen LogP contribution in [-0.4, -0.2) is 11.1 Å². The Morgan fingerprint density at radius 3 is 2.57 bits per heavy atom. The molecule has 1 aromatic heterocycles. The summed E-state index contributed by atoms with van der Waals surface area (Å²) in [5.41, 5.74) is 2.39. The van der Waals surface area contributed by atoms with Crippen molar-refractivity contribution in [3.8, 4) is 0 Å².